The van der Waals surface area contributed by atoms with Crippen LogP contribution in [0.3, 0.4) is 0 Å². The smallest absolute Gasteiger partial charge is 0.315 e. The molecule has 5 heteroatoms. The fraction of sp³-hybridized carbons (Fsp3) is 0.562. The molecule has 1 atom stereocenters. The predicted molar refractivity (Wildman–Crippen MR) is 83.4 cm³/mol. The van der Waals surface area contributed by atoms with Crippen LogP contribution in [0, 0.1) is 12.8 Å². The van der Waals surface area contributed by atoms with Gasteiger partial charge in [0.15, 0.2) is 0 Å². The van der Waals surface area contributed by atoms with E-state index in [-0.39, 0.29) is 24.6 Å². The Hall–Kier alpha value is -1.75. The van der Waals surface area contributed by atoms with E-state index >= 15 is 0 Å². The number of carbonyl (C=O) groups is 1. The number of urea groups is 1. The summed E-state index contributed by atoms with van der Waals surface area (Å²) in [5.41, 5.74) is 2.06. The minimum absolute atomic E-state index is 0.0207. The summed E-state index contributed by atoms with van der Waals surface area (Å²) in [6.07, 6.45) is 0.562. The number of aryl methyl sites for hydroxylation is 1. The molecule has 2 amide bonds. The topological polar surface area (TPSA) is 70.6 Å². The Labute approximate surface area is 126 Å². The minimum atomic E-state index is -0.212. The Morgan fingerprint density at radius 2 is 2.10 bits per heavy atom. The zero-order valence-corrected chi connectivity index (χ0v) is 13.3. The van der Waals surface area contributed by atoms with E-state index < -0.39 is 0 Å². The molecule has 0 aromatic heterocycles. The molecule has 1 rings (SSSR count). The molecule has 1 unspecified atom stereocenters. The van der Waals surface area contributed by atoms with Gasteiger partial charge in [0, 0.05) is 19.2 Å². The van der Waals surface area contributed by atoms with Gasteiger partial charge < -0.3 is 20.5 Å². The molecule has 0 saturated carbocycles. The van der Waals surface area contributed by atoms with Gasteiger partial charge in [0.2, 0.25) is 0 Å². The molecule has 0 saturated heterocycles. The number of hydrogen-bond donors (Lipinski definition) is 3. The summed E-state index contributed by atoms with van der Waals surface area (Å²) in [7, 11) is 1.64. The Kier molecular flexibility index (Phi) is 7.02. The number of rotatable bonds is 7. The summed E-state index contributed by atoms with van der Waals surface area (Å²) in [5.74, 6) is 1.12. The molecule has 0 fully saturated rings. The van der Waals surface area contributed by atoms with Crippen molar-refractivity contribution < 1.29 is 14.6 Å². The number of amides is 2. The third kappa shape index (κ3) is 5.63. The lowest BCUT2D eigenvalue weighted by Crippen LogP contribution is -2.44. The van der Waals surface area contributed by atoms with Crippen molar-refractivity contribution in [2.24, 2.45) is 5.92 Å². The van der Waals surface area contributed by atoms with Gasteiger partial charge in [0.05, 0.1) is 7.11 Å². The summed E-state index contributed by atoms with van der Waals surface area (Å²) in [5, 5.41) is 14.7. The molecule has 1 aromatic carbocycles. The number of methoxy groups -OCH3 is 1. The van der Waals surface area contributed by atoms with Gasteiger partial charge in [-0.05, 0) is 36.5 Å². The lowest BCUT2D eigenvalue weighted by Gasteiger charge is -2.21. The second kappa shape index (κ2) is 8.52. The highest BCUT2D eigenvalue weighted by Crippen LogP contribution is 2.18. The summed E-state index contributed by atoms with van der Waals surface area (Å²) < 4.78 is 5.21. The maximum Gasteiger partial charge on any atom is 0.315 e. The highest BCUT2D eigenvalue weighted by atomic mass is 16.5. The first-order valence-corrected chi connectivity index (χ1v) is 7.26. The van der Waals surface area contributed by atoms with Crippen molar-refractivity contribution in [2.45, 2.75) is 39.8 Å². The molecule has 0 heterocycles. The first-order valence-electron chi connectivity index (χ1n) is 7.26. The lowest BCUT2D eigenvalue weighted by atomic mass is 10.0. The molecule has 0 aliphatic heterocycles. The molecule has 0 aliphatic carbocycles. The van der Waals surface area contributed by atoms with Gasteiger partial charge in [-0.3, -0.25) is 0 Å². The fourth-order valence-electron chi connectivity index (χ4n) is 2.16. The molecular weight excluding hydrogens is 268 g/mol. The molecule has 0 aliphatic rings. The quantitative estimate of drug-likeness (QED) is 0.722. The van der Waals surface area contributed by atoms with Gasteiger partial charge in [0.25, 0.3) is 0 Å². The first kappa shape index (κ1) is 17.3. The number of benzene rings is 1. The number of aliphatic hydroxyl groups is 1. The number of carbonyl (C=O) groups excluding carboxylic acids is 1. The van der Waals surface area contributed by atoms with E-state index in [4.69, 9.17) is 9.84 Å². The number of nitrogens with one attached hydrogen (secondary N) is 2. The minimum Gasteiger partial charge on any atom is -0.496 e. The second-order valence-electron chi connectivity index (χ2n) is 5.49. The summed E-state index contributed by atoms with van der Waals surface area (Å²) in [4.78, 5) is 11.9. The molecule has 0 bridgehead atoms. The number of aliphatic hydroxyl groups excluding tert-OH is 1. The Morgan fingerprint density at radius 1 is 1.38 bits per heavy atom. The SMILES string of the molecule is COc1ccc(CNC(=O)NC(CCO)C(C)C)cc1C. The Bertz CT molecular complexity index is 461. The average Bonchev–Trinajstić information content (AvgIpc) is 2.44. The summed E-state index contributed by atoms with van der Waals surface area (Å²) in [6.45, 7) is 6.54. The third-order valence-corrected chi connectivity index (χ3v) is 3.47. The van der Waals surface area contributed by atoms with E-state index in [1.165, 1.54) is 0 Å². The Morgan fingerprint density at radius 3 is 2.62 bits per heavy atom. The lowest BCUT2D eigenvalue weighted by molar-refractivity contribution is 0.218. The zero-order valence-electron chi connectivity index (χ0n) is 13.3. The molecule has 0 spiro atoms. The van der Waals surface area contributed by atoms with E-state index in [9.17, 15) is 4.79 Å². The molecule has 5 nitrogen and oxygen atoms in total. The van der Waals surface area contributed by atoms with E-state index in [1.54, 1.807) is 7.11 Å². The maximum absolute atomic E-state index is 11.9. The summed E-state index contributed by atoms with van der Waals surface area (Å²) >= 11 is 0. The van der Waals surface area contributed by atoms with Gasteiger partial charge in [0.1, 0.15) is 5.75 Å². The van der Waals surface area contributed by atoms with Crippen LogP contribution in [0.4, 0.5) is 4.79 Å². The third-order valence-electron chi connectivity index (χ3n) is 3.47. The van der Waals surface area contributed by atoms with Crippen molar-refractivity contribution in [2.75, 3.05) is 13.7 Å². The highest BCUT2D eigenvalue weighted by Gasteiger charge is 2.15. The molecule has 21 heavy (non-hydrogen) atoms. The standard InChI is InChI=1S/C16H26N2O3/c1-11(2)14(7-8-19)18-16(20)17-10-13-5-6-15(21-4)12(3)9-13/h5-6,9,11,14,19H,7-8,10H2,1-4H3,(H2,17,18,20). The summed E-state index contributed by atoms with van der Waals surface area (Å²) in [6, 6.07) is 5.59. The van der Waals surface area contributed by atoms with Crippen molar-refractivity contribution in [1.82, 2.24) is 10.6 Å². The van der Waals surface area contributed by atoms with E-state index in [1.807, 2.05) is 39.0 Å². The monoisotopic (exact) mass is 294 g/mol. The zero-order chi connectivity index (χ0) is 15.8. The highest BCUT2D eigenvalue weighted by molar-refractivity contribution is 5.74. The van der Waals surface area contributed by atoms with E-state index in [0.29, 0.717) is 13.0 Å². The molecular formula is C16H26N2O3. The van der Waals surface area contributed by atoms with Crippen molar-refractivity contribution in [3.05, 3.63) is 29.3 Å². The maximum atomic E-state index is 11.9. The van der Waals surface area contributed by atoms with Crippen molar-refractivity contribution in [3.63, 3.8) is 0 Å². The van der Waals surface area contributed by atoms with Gasteiger partial charge in [-0.15, -0.1) is 0 Å². The predicted octanol–water partition coefficient (Wildman–Crippen LogP) is 2.21. The molecule has 3 N–H and O–H groups in total. The molecule has 1 aromatic rings. The van der Waals surface area contributed by atoms with Gasteiger partial charge in [-0.2, -0.15) is 0 Å². The van der Waals surface area contributed by atoms with Crippen LogP contribution in [0.5, 0.6) is 5.75 Å². The second-order valence-corrected chi connectivity index (χ2v) is 5.49. The van der Waals surface area contributed by atoms with E-state index in [2.05, 4.69) is 10.6 Å². The van der Waals surface area contributed by atoms with Crippen LogP contribution in [0.1, 0.15) is 31.4 Å². The van der Waals surface area contributed by atoms with E-state index in [0.717, 1.165) is 16.9 Å². The van der Waals surface area contributed by atoms with Crippen molar-refractivity contribution in [3.8, 4) is 5.75 Å². The van der Waals surface area contributed by atoms with Crippen molar-refractivity contribution in [1.29, 1.82) is 0 Å². The van der Waals surface area contributed by atoms with Gasteiger partial charge in [-0.25, -0.2) is 4.79 Å². The normalized spacial score (nSPS) is 12.1. The van der Waals surface area contributed by atoms with Crippen LogP contribution in [-0.4, -0.2) is 30.9 Å². The number of hydrogen-bond acceptors (Lipinski definition) is 3. The van der Waals surface area contributed by atoms with Crippen LogP contribution >= 0.6 is 0 Å². The van der Waals surface area contributed by atoms with Gasteiger partial charge in [-0.1, -0.05) is 26.0 Å². The fourth-order valence-corrected chi connectivity index (χ4v) is 2.16. The van der Waals surface area contributed by atoms with Crippen LogP contribution in [-0.2, 0) is 6.54 Å². The number of ether oxygens (including phenoxy) is 1. The van der Waals surface area contributed by atoms with Crippen LogP contribution < -0.4 is 15.4 Å². The first-order chi connectivity index (χ1) is 9.97. The largest absolute Gasteiger partial charge is 0.496 e. The van der Waals surface area contributed by atoms with Crippen LogP contribution in [0.25, 0.3) is 0 Å². The average molecular weight is 294 g/mol. The van der Waals surface area contributed by atoms with Crippen LogP contribution in [0.2, 0.25) is 0 Å². The van der Waals surface area contributed by atoms with Gasteiger partial charge >= 0.3 is 6.03 Å². The Balaban J connectivity index is 2.50. The molecule has 118 valence electrons. The molecule has 0 radical (unpaired) electrons. The van der Waals surface area contributed by atoms with Crippen LogP contribution in [0.15, 0.2) is 18.2 Å². The van der Waals surface area contributed by atoms with Crippen molar-refractivity contribution >= 4 is 6.03 Å².